The summed E-state index contributed by atoms with van der Waals surface area (Å²) in [5.41, 5.74) is 1.18. The first-order valence-corrected chi connectivity index (χ1v) is 12.1. The van der Waals surface area contributed by atoms with Crippen molar-refractivity contribution in [2.75, 3.05) is 4.90 Å². The molecule has 0 radical (unpaired) electrons. The first-order valence-electron chi connectivity index (χ1n) is 11.3. The van der Waals surface area contributed by atoms with E-state index in [2.05, 4.69) is 15.9 Å². The zero-order valence-electron chi connectivity index (χ0n) is 18.9. The van der Waals surface area contributed by atoms with Crippen molar-refractivity contribution in [2.45, 2.75) is 25.6 Å². The van der Waals surface area contributed by atoms with E-state index in [9.17, 15) is 19.2 Å². The maximum absolute atomic E-state index is 14.0. The molecule has 0 aromatic heterocycles. The van der Waals surface area contributed by atoms with E-state index in [4.69, 9.17) is 4.74 Å². The Bertz CT molecular complexity index is 1430. The standard InChI is InChI=1S/C28H20BrNO5/c1-14-6-5-9-20(15(14)2)30-26(33)21-22(27(30)34)28(35-23(21)16-10-12-17(29)13-11-16)24(31)18-7-3-4-8-19(18)25(28)32/h3-13,21-23H,1-2H3. The second-order valence-corrected chi connectivity index (χ2v) is 10.2. The molecule has 6 nitrogen and oxygen atoms in total. The van der Waals surface area contributed by atoms with Gasteiger partial charge in [-0.2, -0.15) is 0 Å². The smallest absolute Gasteiger partial charge is 0.241 e. The molecule has 3 aliphatic rings. The molecule has 3 unspecified atom stereocenters. The fraction of sp³-hybridized carbons (Fsp3) is 0.214. The molecule has 3 atom stereocenters. The highest BCUT2D eigenvalue weighted by atomic mass is 79.9. The lowest BCUT2D eigenvalue weighted by Crippen LogP contribution is -2.51. The second-order valence-electron chi connectivity index (χ2n) is 9.26. The highest BCUT2D eigenvalue weighted by Gasteiger charge is 2.74. The van der Waals surface area contributed by atoms with Gasteiger partial charge in [0.05, 0.1) is 23.6 Å². The van der Waals surface area contributed by atoms with E-state index in [1.807, 2.05) is 19.9 Å². The molecule has 2 saturated heterocycles. The summed E-state index contributed by atoms with van der Waals surface area (Å²) in [6.07, 6.45) is -0.929. The molecule has 7 heteroatoms. The van der Waals surface area contributed by atoms with Crippen LogP contribution in [-0.4, -0.2) is 29.0 Å². The van der Waals surface area contributed by atoms with Gasteiger partial charge in [-0.1, -0.05) is 64.5 Å². The third kappa shape index (κ3) is 2.79. The number of hydrogen-bond donors (Lipinski definition) is 0. The number of amides is 2. The van der Waals surface area contributed by atoms with Crippen LogP contribution in [0.25, 0.3) is 0 Å². The largest absolute Gasteiger partial charge is 0.349 e. The van der Waals surface area contributed by atoms with E-state index in [1.165, 1.54) is 0 Å². The van der Waals surface area contributed by atoms with Crippen LogP contribution in [-0.2, 0) is 14.3 Å². The SMILES string of the molecule is Cc1cccc(N2C(=O)C3C(c4ccc(Br)cc4)OC4(C(=O)c5ccccc5C4=O)C3C2=O)c1C. The predicted molar refractivity (Wildman–Crippen MR) is 131 cm³/mol. The van der Waals surface area contributed by atoms with Crippen molar-refractivity contribution in [3.05, 3.63) is 99.0 Å². The molecule has 6 rings (SSSR count). The molecular formula is C28H20BrNO5. The molecule has 3 aromatic carbocycles. The van der Waals surface area contributed by atoms with Gasteiger partial charge in [-0.3, -0.25) is 19.2 Å². The molecule has 0 saturated carbocycles. The van der Waals surface area contributed by atoms with Crippen LogP contribution in [0.2, 0.25) is 0 Å². The van der Waals surface area contributed by atoms with E-state index in [-0.39, 0.29) is 11.1 Å². The van der Waals surface area contributed by atoms with E-state index in [0.717, 1.165) is 20.5 Å². The van der Waals surface area contributed by atoms with Gasteiger partial charge in [-0.05, 0) is 48.7 Å². The van der Waals surface area contributed by atoms with Gasteiger partial charge in [0.15, 0.2) is 0 Å². The van der Waals surface area contributed by atoms with Gasteiger partial charge in [0.1, 0.15) is 0 Å². The number of carbonyl (C=O) groups is 4. The summed E-state index contributed by atoms with van der Waals surface area (Å²) in [7, 11) is 0. The minimum atomic E-state index is -2.06. The molecule has 3 aromatic rings. The van der Waals surface area contributed by atoms with Gasteiger partial charge >= 0.3 is 0 Å². The van der Waals surface area contributed by atoms with Gasteiger partial charge in [0, 0.05) is 15.6 Å². The summed E-state index contributed by atoms with van der Waals surface area (Å²) >= 11 is 3.41. The predicted octanol–water partition coefficient (Wildman–Crippen LogP) is 4.76. The molecule has 0 bridgehead atoms. The Hall–Kier alpha value is -3.42. The summed E-state index contributed by atoms with van der Waals surface area (Å²) in [5.74, 6) is -4.42. The fourth-order valence-electron chi connectivity index (χ4n) is 5.69. The van der Waals surface area contributed by atoms with Crippen molar-refractivity contribution in [1.82, 2.24) is 0 Å². The van der Waals surface area contributed by atoms with Crippen molar-refractivity contribution in [3.63, 3.8) is 0 Å². The van der Waals surface area contributed by atoms with Crippen molar-refractivity contribution in [1.29, 1.82) is 0 Å². The Kier molecular flexibility index (Phi) is 4.75. The third-order valence-electron chi connectivity index (χ3n) is 7.53. The number of Topliss-reactive ketones (excluding diaryl/α,β-unsaturated/α-hetero) is 2. The summed E-state index contributed by atoms with van der Waals surface area (Å²) < 4.78 is 7.14. The number of fused-ring (bicyclic) bond motifs is 3. The van der Waals surface area contributed by atoms with Gasteiger partial charge in [-0.25, -0.2) is 4.90 Å². The van der Waals surface area contributed by atoms with Crippen LogP contribution in [0.3, 0.4) is 0 Å². The van der Waals surface area contributed by atoms with Crippen molar-refractivity contribution < 1.29 is 23.9 Å². The number of anilines is 1. The monoisotopic (exact) mass is 529 g/mol. The van der Waals surface area contributed by atoms with E-state index in [1.54, 1.807) is 60.7 Å². The highest BCUT2D eigenvalue weighted by Crippen LogP contribution is 2.58. The maximum atomic E-state index is 14.0. The van der Waals surface area contributed by atoms with Crippen LogP contribution >= 0.6 is 15.9 Å². The number of ether oxygens (including phenoxy) is 1. The molecule has 35 heavy (non-hydrogen) atoms. The normalized spacial score (nSPS) is 24.4. The summed E-state index contributed by atoms with van der Waals surface area (Å²) in [5, 5.41) is 0. The maximum Gasteiger partial charge on any atom is 0.241 e. The number of carbonyl (C=O) groups excluding carboxylic acids is 4. The van der Waals surface area contributed by atoms with Gasteiger partial charge in [-0.15, -0.1) is 0 Å². The van der Waals surface area contributed by atoms with Crippen LogP contribution in [0.1, 0.15) is 43.5 Å². The number of imide groups is 1. The summed E-state index contributed by atoms with van der Waals surface area (Å²) in [6, 6.07) is 19.0. The Morgan fingerprint density at radius 3 is 2.06 bits per heavy atom. The molecule has 1 spiro atoms. The van der Waals surface area contributed by atoms with Crippen LogP contribution in [0.15, 0.2) is 71.2 Å². The third-order valence-corrected chi connectivity index (χ3v) is 8.06. The van der Waals surface area contributed by atoms with E-state index in [0.29, 0.717) is 11.3 Å². The van der Waals surface area contributed by atoms with Crippen molar-refractivity contribution >= 4 is 45.0 Å². The van der Waals surface area contributed by atoms with Gasteiger partial charge in [0.25, 0.3) is 0 Å². The minimum absolute atomic E-state index is 0.221. The highest BCUT2D eigenvalue weighted by molar-refractivity contribution is 9.10. The van der Waals surface area contributed by atoms with Gasteiger partial charge in [0.2, 0.25) is 29.0 Å². The zero-order valence-corrected chi connectivity index (χ0v) is 20.5. The van der Waals surface area contributed by atoms with Gasteiger partial charge < -0.3 is 4.74 Å². The molecular weight excluding hydrogens is 510 g/mol. The lowest BCUT2D eigenvalue weighted by molar-refractivity contribution is -0.127. The molecule has 2 aliphatic heterocycles. The topological polar surface area (TPSA) is 80.8 Å². The number of halogens is 1. The summed E-state index contributed by atoms with van der Waals surface area (Å²) in [6.45, 7) is 3.75. The summed E-state index contributed by atoms with van der Waals surface area (Å²) in [4.78, 5) is 56.7. The van der Waals surface area contributed by atoms with E-state index >= 15 is 0 Å². The Morgan fingerprint density at radius 2 is 1.43 bits per heavy atom. The lowest BCUT2D eigenvalue weighted by Gasteiger charge is -2.28. The van der Waals surface area contributed by atoms with E-state index < -0.39 is 46.9 Å². The second kappa shape index (κ2) is 7.54. The molecule has 2 fully saturated rings. The fourth-order valence-corrected chi connectivity index (χ4v) is 5.95. The average Bonchev–Trinajstić information content (AvgIpc) is 3.42. The first kappa shape index (κ1) is 22.1. The van der Waals surface area contributed by atoms with Crippen molar-refractivity contribution in [3.8, 4) is 0 Å². The molecule has 0 N–H and O–H groups in total. The Labute approximate surface area is 210 Å². The average molecular weight is 530 g/mol. The Morgan fingerprint density at radius 1 is 0.800 bits per heavy atom. The zero-order chi connectivity index (χ0) is 24.6. The first-order chi connectivity index (χ1) is 16.8. The molecule has 2 amide bonds. The number of nitrogens with zero attached hydrogens (tertiary/aromatic N) is 1. The Balaban J connectivity index is 1.56. The van der Waals surface area contributed by atoms with Crippen molar-refractivity contribution in [2.24, 2.45) is 11.8 Å². The lowest BCUT2D eigenvalue weighted by atomic mass is 9.77. The number of aryl methyl sites for hydroxylation is 1. The number of ketones is 2. The van der Waals surface area contributed by atoms with Crippen LogP contribution in [0, 0.1) is 25.7 Å². The molecule has 2 heterocycles. The number of rotatable bonds is 2. The number of benzene rings is 3. The minimum Gasteiger partial charge on any atom is -0.349 e. The molecule has 174 valence electrons. The number of hydrogen-bond acceptors (Lipinski definition) is 5. The molecule has 1 aliphatic carbocycles. The van der Waals surface area contributed by atoms with Crippen LogP contribution in [0.5, 0.6) is 0 Å². The van der Waals surface area contributed by atoms with Crippen LogP contribution < -0.4 is 4.90 Å². The quantitative estimate of drug-likeness (QED) is 0.353. The van der Waals surface area contributed by atoms with Crippen LogP contribution in [0.4, 0.5) is 5.69 Å².